The van der Waals surface area contributed by atoms with Gasteiger partial charge in [0, 0.05) is 31.3 Å². The molecule has 2 amide bonds. The molecular weight excluding hydrogens is 663 g/mol. The van der Waals surface area contributed by atoms with E-state index in [4.69, 9.17) is 10.5 Å². The first-order valence-corrected chi connectivity index (χ1v) is 15.3. The highest BCUT2D eigenvalue weighted by Crippen LogP contribution is 2.40. The Morgan fingerprint density at radius 2 is 1.84 bits per heavy atom. The van der Waals surface area contributed by atoms with E-state index in [1.165, 1.54) is 23.2 Å². The van der Waals surface area contributed by atoms with E-state index in [1.54, 1.807) is 0 Å². The lowest BCUT2D eigenvalue weighted by molar-refractivity contribution is -0.139. The summed E-state index contributed by atoms with van der Waals surface area (Å²) in [6.45, 7) is 0.517. The van der Waals surface area contributed by atoms with Gasteiger partial charge in [0.15, 0.2) is 11.5 Å². The number of alkyl halides is 6. The number of nitrogens with zero attached hydrogens (tertiary/aromatic N) is 5. The number of fused-ring (bicyclic) bond motifs is 1. The number of amides is 2. The fourth-order valence-corrected chi connectivity index (χ4v) is 6.21. The van der Waals surface area contributed by atoms with Gasteiger partial charge >= 0.3 is 12.4 Å². The Hall–Kier alpha value is -4.80. The van der Waals surface area contributed by atoms with Crippen LogP contribution in [0.2, 0.25) is 0 Å². The van der Waals surface area contributed by atoms with Crippen LogP contribution >= 0.6 is 0 Å². The molecule has 2 aromatic carbocycles. The zero-order valence-electron chi connectivity index (χ0n) is 25.7. The third-order valence-electron chi connectivity index (χ3n) is 8.67. The summed E-state index contributed by atoms with van der Waals surface area (Å²) in [7, 11) is 0. The number of guanidine groups is 1. The van der Waals surface area contributed by atoms with E-state index in [1.807, 2.05) is 0 Å². The molecule has 260 valence electrons. The molecule has 1 aromatic heterocycles. The Bertz CT molecular complexity index is 1780. The molecule has 1 saturated heterocycles. The lowest BCUT2D eigenvalue weighted by Gasteiger charge is -2.27. The predicted molar refractivity (Wildman–Crippen MR) is 160 cm³/mol. The van der Waals surface area contributed by atoms with Crippen molar-refractivity contribution in [2.75, 3.05) is 18.5 Å². The number of carbonyl (C=O) groups excluding carboxylic acids is 2. The van der Waals surface area contributed by atoms with Crippen LogP contribution in [0.1, 0.15) is 64.0 Å². The highest BCUT2D eigenvalue weighted by molar-refractivity contribution is 6.07. The summed E-state index contributed by atoms with van der Waals surface area (Å²) in [6, 6.07) is 7.32. The summed E-state index contributed by atoms with van der Waals surface area (Å²) in [6.07, 6.45) is -9.30. The van der Waals surface area contributed by atoms with Gasteiger partial charge in [-0.1, -0.05) is 18.2 Å². The maximum atomic E-state index is 14.2. The largest absolute Gasteiger partial charge is 0.417 e. The van der Waals surface area contributed by atoms with Crippen LogP contribution in [-0.2, 0) is 40.9 Å². The van der Waals surface area contributed by atoms with Gasteiger partial charge < -0.3 is 20.7 Å². The van der Waals surface area contributed by atoms with E-state index in [2.05, 4.69) is 20.3 Å². The molecule has 1 fully saturated rings. The maximum Gasteiger partial charge on any atom is 0.417 e. The zero-order valence-corrected chi connectivity index (χ0v) is 25.7. The van der Waals surface area contributed by atoms with Crippen LogP contribution in [0.15, 0.2) is 53.7 Å². The van der Waals surface area contributed by atoms with Crippen LogP contribution in [0, 0.1) is 5.82 Å². The highest BCUT2D eigenvalue weighted by Gasteiger charge is 2.49. The van der Waals surface area contributed by atoms with Crippen molar-refractivity contribution in [2.24, 2.45) is 10.7 Å². The number of anilines is 1. The molecular formula is C32H30F7N7O3. The Morgan fingerprint density at radius 1 is 1.08 bits per heavy atom. The Balaban J connectivity index is 1.25. The number of rotatable bonds is 9. The third-order valence-corrected chi connectivity index (χ3v) is 8.67. The normalized spacial score (nSPS) is 20.9. The zero-order chi connectivity index (χ0) is 35.1. The number of benzene rings is 2. The second-order valence-electron chi connectivity index (χ2n) is 12.1. The Labute approximate surface area is 275 Å². The van der Waals surface area contributed by atoms with Crippen molar-refractivity contribution in [3.05, 3.63) is 88.0 Å². The van der Waals surface area contributed by atoms with Crippen molar-refractivity contribution in [3.63, 3.8) is 0 Å². The summed E-state index contributed by atoms with van der Waals surface area (Å²) in [5.41, 5.74) is 3.53. The first kappa shape index (κ1) is 34.1. The number of nitrogens with one attached hydrogen (secondary N) is 1. The van der Waals surface area contributed by atoms with Crippen LogP contribution in [0.3, 0.4) is 0 Å². The molecule has 3 aliphatic heterocycles. The first-order valence-electron chi connectivity index (χ1n) is 15.3. The van der Waals surface area contributed by atoms with Gasteiger partial charge in [-0.05, 0) is 54.7 Å². The molecule has 0 aliphatic carbocycles. The average molecular weight is 694 g/mol. The first-order chi connectivity index (χ1) is 23.1. The molecule has 4 heterocycles. The molecule has 3 N–H and O–H groups in total. The van der Waals surface area contributed by atoms with Gasteiger partial charge in [0.2, 0.25) is 5.95 Å². The highest BCUT2D eigenvalue weighted by atomic mass is 19.4. The molecule has 2 atom stereocenters. The number of hydrogen-bond acceptors (Lipinski definition) is 8. The monoisotopic (exact) mass is 693 g/mol. The molecule has 10 nitrogen and oxygen atoms in total. The van der Waals surface area contributed by atoms with Gasteiger partial charge in [-0.2, -0.15) is 26.3 Å². The minimum atomic E-state index is -4.91. The lowest BCUT2D eigenvalue weighted by atomic mass is 9.84. The summed E-state index contributed by atoms with van der Waals surface area (Å²) < 4.78 is 101. The van der Waals surface area contributed by atoms with Gasteiger partial charge in [0.1, 0.15) is 5.82 Å². The molecule has 0 bridgehead atoms. The van der Waals surface area contributed by atoms with E-state index in [0.29, 0.717) is 30.4 Å². The molecule has 1 unspecified atom stereocenters. The number of nitrogens with two attached hydrogens (primary N) is 1. The average Bonchev–Trinajstić information content (AvgIpc) is 3.76. The molecule has 6 rings (SSSR count). The topological polar surface area (TPSA) is 126 Å². The molecule has 0 radical (unpaired) electrons. The van der Waals surface area contributed by atoms with Gasteiger partial charge in [-0.25, -0.2) is 19.4 Å². The van der Waals surface area contributed by atoms with E-state index in [-0.39, 0.29) is 30.3 Å². The van der Waals surface area contributed by atoms with Crippen LogP contribution in [0.5, 0.6) is 0 Å². The molecule has 17 heteroatoms. The van der Waals surface area contributed by atoms with Crippen molar-refractivity contribution in [1.82, 2.24) is 19.8 Å². The van der Waals surface area contributed by atoms with E-state index in [0.717, 1.165) is 41.7 Å². The second-order valence-corrected chi connectivity index (χ2v) is 12.1. The summed E-state index contributed by atoms with van der Waals surface area (Å²) in [5, 5.41) is 3.14. The fraction of sp³-hybridized carbons (Fsp3) is 0.406. The van der Waals surface area contributed by atoms with Crippen molar-refractivity contribution in [3.8, 4) is 0 Å². The summed E-state index contributed by atoms with van der Waals surface area (Å²) in [5.74, 6) is -2.51. The van der Waals surface area contributed by atoms with Crippen molar-refractivity contribution in [2.45, 2.75) is 69.3 Å². The van der Waals surface area contributed by atoms with E-state index >= 15 is 0 Å². The lowest BCUT2D eigenvalue weighted by Crippen LogP contribution is -2.42. The van der Waals surface area contributed by atoms with Gasteiger partial charge in [-0.15, -0.1) is 0 Å². The molecule has 0 saturated carbocycles. The number of carbonyl (C=O) groups is 2. The van der Waals surface area contributed by atoms with E-state index < -0.39 is 78.4 Å². The number of hydrogen-bond donors (Lipinski definition) is 2. The molecule has 49 heavy (non-hydrogen) atoms. The van der Waals surface area contributed by atoms with Crippen LogP contribution < -0.4 is 11.1 Å². The van der Waals surface area contributed by atoms with Crippen LogP contribution in [0.4, 0.5) is 36.7 Å². The molecule has 3 aromatic rings. The van der Waals surface area contributed by atoms with Crippen LogP contribution in [0.25, 0.3) is 0 Å². The number of aliphatic imine (C=N–C) groups is 1. The second kappa shape index (κ2) is 12.9. The van der Waals surface area contributed by atoms with Gasteiger partial charge in [-0.3, -0.25) is 14.5 Å². The number of halogens is 7. The minimum Gasteiger partial charge on any atom is -0.379 e. The van der Waals surface area contributed by atoms with Crippen molar-refractivity contribution < 1.29 is 45.1 Å². The third kappa shape index (κ3) is 7.16. The van der Waals surface area contributed by atoms with E-state index in [9.17, 15) is 40.3 Å². The SMILES string of the molecule is NC1=N[C@](CCCC(F)(F)F)(c2ccc(F)cc2)C(=O)N1Cc1ccc(C(F)(F)F)c(C(=O)N2Cc3cnc(NC4CCOC4)nc3C2)c1. The molecule has 3 aliphatic rings. The Kier molecular flexibility index (Phi) is 8.98. The summed E-state index contributed by atoms with van der Waals surface area (Å²) in [4.78, 5) is 42.6. The predicted octanol–water partition coefficient (Wildman–Crippen LogP) is 5.28. The van der Waals surface area contributed by atoms with Gasteiger partial charge in [0.25, 0.3) is 11.8 Å². The quantitative estimate of drug-likeness (QED) is 0.293. The van der Waals surface area contributed by atoms with Gasteiger partial charge in [0.05, 0.1) is 42.6 Å². The number of aromatic nitrogens is 2. The minimum absolute atomic E-state index is 0.0107. The van der Waals surface area contributed by atoms with Crippen molar-refractivity contribution >= 4 is 23.7 Å². The maximum absolute atomic E-state index is 14.2. The van der Waals surface area contributed by atoms with Crippen molar-refractivity contribution in [1.29, 1.82) is 0 Å². The number of ether oxygens (including phenoxy) is 1. The fourth-order valence-electron chi connectivity index (χ4n) is 6.21. The Morgan fingerprint density at radius 3 is 2.51 bits per heavy atom. The van der Waals surface area contributed by atoms with Crippen LogP contribution in [-0.4, -0.2) is 63.0 Å². The molecule has 0 spiro atoms. The smallest absolute Gasteiger partial charge is 0.379 e. The standard InChI is InChI=1S/C32H30F7N7O3/c33-21-5-3-20(4-6-21)30(9-1-10-31(34,35)36)27(48)46(28(40)44-30)14-18-2-7-24(32(37,38)39)23(12-18)26(47)45-15-19-13-41-29(43-25(19)16-45)42-22-8-11-49-17-22/h2-7,12-13,22H,1,8-11,14-17H2,(H2,40,44)(H,41,42,43)/t22?,30-/m1/s1. The summed E-state index contributed by atoms with van der Waals surface area (Å²) >= 11 is 0.